The molecule has 3 N–H and O–H groups in total. The van der Waals surface area contributed by atoms with Crippen molar-refractivity contribution in [3.8, 4) is 46.3 Å². The number of cyclic esters (lactones) is 1. The quantitative estimate of drug-likeness (QED) is 0.0636. The van der Waals surface area contributed by atoms with E-state index in [1.165, 1.54) is 6.20 Å². The van der Waals surface area contributed by atoms with E-state index in [2.05, 4.69) is 72.9 Å². The van der Waals surface area contributed by atoms with E-state index in [-0.39, 0.29) is 32.4 Å². The predicted octanol–water partition coefficient (Wildman–Crippen LogP) is 9.89. The third kappa shape index (κ3) is 12.0. The van der Waals surface area contributed by atoms with E-state index in [1.54, 1.807) is 24.4 Å². The van der Waals surface area contributed by atoms with Gasteiger partial charge in [-0.05, 0) is 84.8 Å². The Morgan fingerprint density at radius 2 is 1.42 bits per heavy atom. The Bertz CT molecular complexity index is 2730. The van der Waals surface area contributed by atoms with Gasteiger partial charge in [0, 0.05) is 90.7 Å². The summed E-state index contributed by atoms with van der Waals surface area (Å²) in [6, 6.07) is 25.6. The van der Waals surface area contributed by atoms with Crippen LogP contribution in [0, 0.1) is 36.5 Å². The standard InChI is InChI=1S/C52H52Cl2N6O6/c1-5-32(2)59-26-41-16-45(53)50(18-48(41)63-28-37-14-35(20-55)22-57-24-37)65-30-39-8-6-10-43(33(39)3)44-11-7-9-40(34(44)4)31-66-51-19-49(64-29-38-15-36(21-56)23-58-25-38)42(17-46(51)54)27-60-47-12-13-62-52(47)61/h6-11,14-19,22,24-25,32,47,58-60H,5,12-13,23,26-31H2,1-4H3. The number of aromatic nitrogens is 1. The fraction of sp³-hybridized carbons (Fsp3) is 0.308. The molecule has 2 unspecified atom stereocenters. The SMILES string of the molecule is CCC(C)NCc1cc(Cl)c(OCc2cccc(-c3cccc(COc4cc(OCC5=CNCC(C#N)=C5)c(CNC5CCOC5=O)cc4Cl)c3C)c2C)cc1OCc1cncc(C#N)c1. The molecular weight excluding hydrogens is 876 g/mol. The molecule has 2 aliphatic rings. The maximum Gasteiger partial charge on any atom is 0.323 e. The summed E-state index contributed by atoms with van der Waals surface area (Å²) < 4.78 is 30.6. The molecule has 0 spiro atoms. The van der Waals surface area contributed by atoms with Gasteiger partial charge in [0.25, 0.3) is 0 Å². The Labute approximate surface area is 396 Å². The highest BCUT2D eigenvalue weighted by Gasteiger charge is 2.26. The summed E-state index contributed by atoms with van der Waals surface area (Å²) >= 11 is 13.7. The summed E-state index contributed by atoms with van der Waals surface area (Å²) in [5, 5.41) is 29.5. The molecule has 1 saturated heterocycles. The van der Waals surface area contributed by atoms with E-state index in [0.717, 1.165) is 62.1 Å². The van der Waals surface area contributed by atoms with Gasteiger partial charge in [-0.15, -0.1) is 0 Å². The second-order valence-corrected chi connectivity index (χ2v) is 17.1. The molecule has 5 aromatic rings. The van der Waals surface area contributed by atoms with Gasteiger partial charge in [0.2, 0.25) is 0 Å². The number of nitriles is 2. The molecule has 3 heterocycles. The van der Waals surface area contributed by atoms with Crippen molar-refractivity contribution in [2.24, 2.45) is 0 Å². The average Bonchev–Trinajstić information content (AvgIpc) is 3.75. The largest absolute Gasteiger partial charge is 0.488 e. The summed E-state index contributed by atoms with van der Waals surface area (Å²) in [6.45, 7) is 11.1. The number of carbonyl (C=O) groups excluding carboxylic acids is 1. The molecule has 0 amide bonds. The number of halogens is 2. The Hall–Kier alpha value is -6.54. The van der Waals surface area contributed by atoms with Gasteiger partial charge in [-0.3, -0.25) is 9.78 Å². The van der Waals surface area contributed by atoms with Gasteiger partial charge in [-0.25, -0.2) is 0 Å². The van der Waals surface area contributed by atoms with Crippen LogP contribution in [-0.4, -0.2) is 42.8 Å². The number of benzene rings is 4. The minimum atomic E-state index is -0.414. The van der Waals surface area contributed by atoms with Crippen LogP contribution in [0.1, 0.15) is 71.2 Å². The monoisotopic (exact) mass is 926 g/mol. The smallest absolute Gasteiger partial charge is 0.323 e. The molecule has 14 heteroatoms. The highest BCUT2D eigenvalue weighted by molar-refractivity contribution is 6.32. The first-order valence-corrected chi connectivity index (χ1v) is 22.6. The Kier molecular flexibility index (Phi) is 16.2. The molecule has 7 rings (SSSR count). The number of rotatable bonds is 20. The highest BCUT2D eigenvalue weighted by Crippen LogP contribution is 2.37. The summed E-state index contributed by atoms with van der Waals surface area (Å²) in [5.41, 5.74) is 10.5. The van der Waals surface area contributed by atoms with Crippen LogP contribution in [0.15, 0.2) is 103 Å². The molecule has 66 heavy (non-hydrogen) atoms. The molecule has 1 fully saturated rings. The highest BCUT2D eigenvalue weighted by atomic mass is 35.5. The topological polar surface area (TPSA) is 160 Å². The van der Waals surface area contributed by atoms with Crippen molar-refractivity contribution >= 4 is 29.2 Å². The molecule has 2 atom stereocenters. The van der Waals surface area contributed by atoms with E-state index >= 15 is 0 Å². The average molecular weight is 928 g/mol. The van der Waals surface area contributed by atoms with Crippen molar-refractivity contribution in [3.63, 3.8) is 0 Å². The molecule has 2 aliphatic heterocycles. The predicted molar refractivity (Wildman–Crippen MR) is 254 cm³/mol. The normalized spacial score (nSPS) is 14.8. The first-order valence-electron chi connectivity index (χ1n) is 21.9. The lowest BCUT2D eigenvalue weighted by atomic mass is 9.92. The summed E-state index contributed by atoms with van der Waals surface area (Å²) in [5.74, 6) is 1.81. The maximum absolute atomic E-state index is 12.2. The van der Waals surface area contributed by atoms with Gasteiger partial charge in [0.1, 0.15) is 61.5 Å². The lowest BCUT2D eigenvalue weighted by Gasteiger charge is -2.19. The lowest BCUT2D eigenvalue weighted by molar-refractivity contribution is -0.139. The fourth-order valence-corrected chi connectivity index (χ4v) is 8.03. The third-order valence-electron chi connectivity index (χ3n) is 11.7. The van der Waals surface area contributed by atoms with Gasteiger partial charge in [0.05, 0.1) is 28.3 Å². The molecule has 0 aliphatic carbocycles. The zero-order chi connectivity index (χ0) is 46.6. The minimum absolute atomic E-state index is 0.200. The number of hydrogen-bond donors (Lipinski definition) is 3. The van der Waals surface area contributed by atoms with Gasteiger partial charge in [-0.1, -0.05) is 66.5 Å². The fourth-order valence-electron chi connectivity index (χ4n) is 7.55. The van der Waals surface area contributed by atoms with E-state index < -0.39 is 6.04 Å². The summed E-state index contributed by atoms with van der Waals surface area (Å²) in [6.07, 6.45) is 8.40. The van der Waals surface area contributed by atoms with Crippen LogP contribution in [0.5, 0.6) is 23.0 Å². The number of esters is 1. The second kappa shape index (κ2) is 22.6. The molecule has 12 nitrogen and oxygen atoms in total. The number of pyridine rings is 1. The van der Waals surface area contributed by atoms with E-state index in [9.17, 15) is 15.3 Å². The number of ether oxygens (including phenoxy) is 5. The van der Waals surface area contributed by atoms with Crippen LogP contribution >= 0.6 is 23.2 Å². The minimum Gasteiger partial charge on any atom is -0.488 e. The molecule has 0 bridgehead atoms. The summed E-state index contributed by atoms with van der Waals surface area (Å²) in [4.78, 5) is 16.4. The van der Waals surface area contributed by atoms with E-state index in [0.29, 0.717) is 82.9 Å². The second-order valence-electron chi connectivity index (χ2n) is 16.3. The molecule has 0 radical (unpaired) electrons. The van der Waals surface area contributed by atoms with Crippen LogP contribution in [-0.2, 0) is 42.4 Å². The van der Waals surface area contributed by atoms with Crippen LogP contribution in [0.2, 0.25) is 10.0 Å². The van der Waals surface area contributed by atoms with E-state index in [1.807, 2.05) is 48.7 Å². The number of hydrogen-bond acceptors (Lipinski definition) is 12. The van der Waals surface area contributed by atoms with Gasteiger partial charge < -0.3 is 39.6 Å². The molecule has 1 aromatic heterocycles. The van der Waals surface area contributed by atoms with Crippen molar-refractivity contribution in [1.29, 1.82) is 10.5 Å². The first-order chi connectivity index (χ1) is 32.0. The first kappa shape index (κ1) is 47.4. The van der Waals surface area contributed by atoms with Crippen molar-refractivity contribution < 1.29 is 28.5 Å². The number of carbonyl (C=O) groups is 1. The zero-order valence-corrected chi connectivity index (χ0v) is 38.9. The Morgan fingerprint density at radius 3 is 2.02 bits per heavy atom. The Morgan fingerprint density at radius 1 is 0.803 bits per heavy atom. The van der Waals surface area contributed by atoms with Gasteiger partial charge in [0.15, 0.2) is 0 Å². The maximum atomic E-state index is 12.2. The summed E-state index contributed by atoms with van der Waals surface area (Å²) in [7, 11) is 0. The lowest BCUT2D eigenvalue weighted by Crippen LogP contribution is -2.32. The van der Waals surface area contributed by atoms with Crippen molar-refractivity contribution in [1.82, 2.24) is 20.9 Å². The van der Waals surface area contributed by atoms with Crippen molar-refractivity contribution in [2.75, 3.05) is 19.8 Å². The van der Waals surface area contributed by atoms with Gasteiger partial charge in [-0.2, -0.15) is 10.5 Å². The number of dihydropyridines is 1. The van der Waals surface area contributed by atoms with Crippen molar-refractivity contribution in [2.45, 2.75) is 85.5 Å². The number of nitrogens with one attached hydrogen (secondary N) is 3. The zero-order valence-electron chi connectivity index (χ0n) is 37.4. The molecular formula is C52H52Cl2N6O6. The van der Waals surface area contributed by atoms with Gasteiger partial charge >= 0.3 is 5.97 Å². The van der Waals surface area contributed by atoms with Crippen LogP contribution in [0.3, 0.4) is 0 Å². The van der Waals surface area contributed by atoms with Crippen LogP contribution < -0.4 is 34.9 Å². The Balaban J connectivity index is 1.07. The molecule has 4 aromatic carbocycles. The van der Waals surface area contributed by atoms with E-state index in [4.69, 9.17) is 46.9 Å². The number of nitrogens with zero attached hydrogens (tertiary/aromatic N) is 3. The molecule has 340 valence electrons. The van der Waals surface area contributed by atoms with Crippen molar-refractivity contribution in [3.05, 3.63) is 157 Å². The van der Waals surface area contributed by atoms with Crippen LogP contribution in [0.4, 0.5) is 0 Å². The molecule has 0 saturated carbocycles. The van der Waals surface area contributed by atoms with Crippen LogP contribution in [0.25, 0.3) is 11.1 Å². The third-order valence-corrected chi connectivity index (χ3v) is 12.3.